The summed E-state index contributed by atoms with van der Waals surface area (Å²) in [6.07, 6.45) is 4.43. The van der Waals surface area contributed by atoms with E-state index < -0.39 is 11.6 Å². The third-order valence-electron chi connectivity index (χ3n) is 6.40. The predicted molar refractivity (Wildman–Crippen MR) is 131 cm³/mol. The van der Waals surface area contributed by atoms with Crippen molar-refractivity contribution in [3.63, 3.8) is 0 Å². The van der Waals surface area contributed by atoms with Crippen molar-refractivity contribution >= 4 is 28.5 Å². The number of carbonyl (C=O) groups is 1. The molecule has 7 heteroatoms. The first kappa shape index (κ1) is 25.0. The Morgan fingerprint density at radius 3 is 2.76 bits per heavy atom. The van der Waals surface area contributed by atoms with Crippen molar-refractivity contribution in [2.45, 2.75) is 51.6 Å². The van der Waals surface area contributed by atoms with Gasteiger partial charge in [0.05, 0.1) is 0 Å². The van der Waals surface area contributed by atoms with E-state index in [1.807, 2.05) is 25.1 Å². The summed E-state index contributed by atoms with van der Waals surface area (Å²) in [7, 11) is 0. The molecule has 0 bridgehead atoms. The summed E-state index contributed by atoms with van der Waals surface area (Å²) in [5.74, 6) is 0.0279. The molecule has 0 aliphatic heterocycles. The van der Waals surface area contributed by atoms with Crippen molar-refractivity contribution in [3.8, 4) is 17.1 Å². The Labute approximate surface area is 214 Å². The van der Waals surface area contributed by atoms with Gasteiger partial charge >= 0.3 is 209 Å². The Bertz CT molecular complexity index is 1250. The third-order valence-corrected chi connectivity index (χ3v) is 9.52. The van der Waals surface area contributed by atoms with Crippen LogP contribution in [0, 0.1) is 12.8 Å². The molecule has 0 amide bonds. The Morgan fingerprint density at radius 2 is 2.03 bits per heavy atom. The second-order valence-electron chi connectivity index (χ2n) is 8.97. The van der Waals surface area contributed by atoms with E-state index in [1.54, 1.807) is 18.2 Å². The molecule has 1 saturated carbocycles. The van der Waals surface area contributed by atoms with Crippen LogP contribution in [0.15, 0.2) is 51.7 Å². The first-order chi connectivity index (χ1) is 16.3. The van der Waals surface area contributed by atoms with Crippen LogP contribution in [-0.2, 0) is 4.79 Å². The minimum absolute atomic E-state index is 0.109. The molecule has 1 aliphatic carbocycles. The van der Waals surface area contributed by atoms with Gasteiger partial charge in [0.1, 0.15) is 0 Å². The van der Waals surface area contributed by atoms with Gasteiger partial charge < -0.3 is 0 Å². The second kappa shape index (κ2) is 10.7. The normalized spacial score (nSPS) is 19.8. The molecule has 182 valence electrons. The second-order valence-corrected chi connectivity index (χ2v) is 12.6. The van der Waals surface area contributed by atoms with Crippen LogP contribution in [0.3, 0.4) is 0 Å². The summed E-state index contributed by atoms with van der Waals surface area (Å²) in [6.45, 7) is 4.18. The zero-order valence-electron chi connectivity index (χ0n) is 19.4. The fourth-order valence-electron chi connectivity index (χ4n) is 4.29. The van der Waals surface area contributed by atoms with Gasteiger partial charge in [0.15, 0.2) is 0 Å². The van der Waals surface area contributed by atoms with Crippen molar-refractivity contribution in [3.05, 3.63) is 63.3 Å². The molecule has 34 heavy (non-hydrogen) atoms. The number of carboxylic acid groups (broad SMARTS) is 1. The molecule has 0 unspecified atom stereocenters. The third kappa shape index (κ3) is 5.43. The van der Waals surface area contributed by atoms with Crippen LogP contribution in [-0.4, -0.2) is 25.5 Å². The number of unbranched alkanes of at least 4 members (excludes halogenated alkanes) is 1. The van der Waals surface area contributed by atoms with E-state index in [9.17, 15) is 14.7 Å². The summed E-state index contributed by atoms with van der Waals surface area (Å²) in [6, 6.07) is 12.3. The maximum atomic E-state index is 12.7. The van der Waals surface area contributed by atoms with E-state index >= 15 is 0 Å². The van der Waals surface area contributed by atoms with Crippen LogP contribution in [0.25, 0.3) is 22.3 Å². The minimum atomic E-state index is -0.750. The SMILES string of the molecule is CCCC[I-]CCC1(Oc2cc(-c3cc(=O)c4cccc(Cl)c4o3)ccc2C)CC(C(=O)O)C1. The van der Waals surface area contributed by atoms with E-state index in [2.05, 4.69) is 6.92 Å². The predicted octanol–water partition coefficient (Wildman–Crippen LogP) is 3.31. The van der Waals surface area contributed by atoms with Gasteiger partial charge in [0.25, 0.3) is 0 Å². The van der Waals surface area contributed by atoms with Gasteiger partial charge in [-0.05, 0) is 0 Å². The van der Waals surface area contributed by atoms with Crippen molar-refractivity contribution in [1.82, 2.24) is 0 Å². The number of benzene rings is 2. The molecule has 1 heterocycles. The molecule has 1 aliphatic rings. The number of carboxylic acids is 1. The number of aryl methyl sites for hydroxylation is 1. The zero-order valence-corrected chi connectivity index (χ0v) is 22.3. The molecular weight excluding hydrogens is 567 g/mol. The molecule has 3 aromatic rings. The van der Waals surface area contributed by atoms with Gasteiger partial charge in [-0.2, -0.15) is 0 Å². The fourth-order valence-corrected chi connectivity index (χ4v) is 7.71. The average Bonchev–Trinajstić information content (AvgIpc) is 2.78. The fraction of sp³-hybridized carbons (Fsp3) is 0.407. The van der Waals surface area contributed by atoms with Gasteiger partial charge in [-0.15, -0.1) is 0 Å². The molecule has 0 spiro atoms. The van der Waals surface area contributed by atoms with Crippen LogP contribution in [0.5, 0.6) is 5.75 Å². The first-order valence-corrected chi connectivity index (χ1v) is 15.0. The monoisotopic (exact) mass is 595 g/mol. The Morgan fingerprint density at radius 1 is 1.24 bits per heavy atom. The number of hydrogen-bond acceptors (Lipinski definition) is 4. The summed E-state index contributed by atoms with van der Waals surface area (Å²) >= 11 is 6.38. The van der Waals surface area contributed by atoms with Crippen LogP contribution in [0.1, 0.15) is 44.6 Å². The van der Waals surface area contributed by atoms with E-state index in [-0.39, 0.29) is 32.6 Å². The number of halogens is 2. The van der Waals surface area contributed by atoms with Crippen LogP contribution >= 0.6 is 11.6 Å². The van der Waals surface area contributed by atoms with E-state index in [4.69, 9.17) is 20.8 Å². The van der Waals surface area contributed by atoms with Crippen molar-refractivity contribution < 1.29 is 40.3 Å². The Hall–Kier alpha value is -2.06. The summed E-state index contributed by atoms with van der Waals surface area (Å²) < 4.78 is 15.0. The molecule has 0 radical (unpaired) electrons. The number of rotatable bonds is 10. The maximum absolute atomic E-state index is 12.7. The van der Waals surface area contributed by atoms with Crippen LogP contribution < -0.4 is 31.4 Å². The molecule has 1 fully saturated rings. The van der Waals surface area contributed by atoms with Gasteiger partial charge in [0, 0.05) is 0 Å². The Kier molecular flexibility index (Phi) is 7.87. The molecule has 1 N–H and O–H groups in total. The van der Waals surface area contributed by atoms with Gasteiger partial charge in [-0.3, -0.25) is 0 Å². The summed E-state index contributed by atoms with van der Waals surface area (Å²) in [5, 5.41) is 10.3. The standard InChI is InChI=1S/C27H29ClIO5/c1-3-4-11-29-12-10-27(15-19(16-27)26(31)32)34-23-13-18(9-8-17(23)2)24-14-22(30)20-6-5-7-21(28)25(20)33-24/h5-9,13-14,19H,3-4,10-12,15-16H2,1-2H3,(H,31,32)/q-1. The molecular formula is C27H29ClIO5-. The van der Waals surface area contributed by atoms with Gasteiger partial charge in [0.2, 0.25) is 0 Å². The van der Waals surface area contributed by atoms with Crippen molar-refractivity contribution in [2.75, 3.05) is 8.86 Å². The molecule has 5 nitrogen and oxygen atoms in total. The van der Waals surface area contributed by atoms with Crippen molar-refractivity contribution in [1.29, 1.82) is 0 Å². The number of hydrogen-bond donors (Lipinski definition) is 1. The van der Waals surface area contributed by atoms with E-state index in [0.29, 0.717) is 40.3 Å². The van der Waals surface area contributed by atoms with Gasteiger partial charge in [-0.1, -0.05) is 6.07 Å². The average molecular weight is 596 g/mol. The first-order valence-electron chi connectivity index (χ1n) is 11.6. The number of alkyl halides is 2. The molecule has 1 aromatic heterocycles. The molecule has 4 rings (SSSR count). The summed E-state index contributed by atoms with van der Waals surface area (Å²) in [4.78, 5) is 24.2. The number of para-hydroxylation sites is 1. The topological polar surface area (TPSA) is 76.7 Å². The Balaban J connectivity index is 1.61. The van der Waals surface area contributed by atoms with E-state index in [1.165, 1.54) is 23.3 Å². The molecule has 0 atom stereocenters. The van der Waals surface area contributed by atoms with Gasteiger partial charge in [-0.25, -0.2) is 0 Å². The van der Waals surface area contributed by atoms with Crippen LogP contribution in [0.2, 0.25) is 5.02 Å². The van der Waals surface area contributed by atoms with Crippen LogP contribution in [0.4, 0.5) is 0 Å². The number of fused-ring (bicyclic) bond motifs is 1. The molecule has 2 aromatic carbocycles. The summed E-state index contributed by atoms with van der Waals surface area (Å²) in [5.41, 5.74) is 1.46. The quantitative estimate of drug-likeness (QED) is 0.221. The van der Waals surface area contributed by atoms with E-state index in [0.717, 1.165) is 22.0 Å². The molecule has 0 saturated heterocycles. The zero-order chi connectivity index (χ0) is 24.3. The number of ether oxygens (including phenoxy) is 1. The number of aliphatic carboxylic acids is 1. The van der Waals surface area contributed by atoms with Crippen molar-refractivity contribution in [2.24, 2.45) is 5.92 Å².